The summed E-state index contributed by atoms with van der Waals surface area (Å²) in [6.45, 7) is 0. The van der Waals surface area contributed by atoms with Crippen LogP contribution < -0.4 is 10.6 Å². The van der Waals surface area contributed by atoms with Gasteiger partial charge in [0.05, 0.1) is 10.7 Å². The normalized spacial score (nSPS) is 14.9. The third kappa shape index (κ3) is 6.40. The molecule has 1 aliphatic carbocycles. The largest absolute Gasteiger partial charge is 0.326 e. The van der Waals surface area contributed by atoms with Crippen molar-refractivity contribution in [1.29, 1.82) is 0 Å². The van der Waals surface area contributed by atoms with Crippen molar-refractivity contribution in [3.63, 3.8) is 0 Å². The topological polar surface area (TPSA) is 58.2 Å². The van der Waals surface area contributed by atoms with Gasteiger partial charge in [-0.2, -0.15) is 0 Å². The summed E-state index contributed by atoms with van der Waals surface area (Å²) in [6.07, 6.45) is 5.37. The zero-order valence-corrected chi connectivity index (χ0v) is 19.9. The molecule has 6 heteroatoms. The Morgan fingerprint density at radius 2 is 1.58 bits per heavy atom. The number of hydrogen-bond donors (Lipinski definition) is 2. The number of thioether (sulfide) groups is 1. The van der Waals surface area contributed by atoms with Gasteiger partial charge >= 0.3 is 0 Å². The SMILES string of the molecule is O=C(Nc1cccc(SC(C(=O)Nc2ccccc2Cl)c2ccccc2)c1)C1CCCCC1. The van der Waals surface area contributed by atoms with E-state index in [0.717, 1.165) is 41.8 Å². The molecule has 2 amide bonds. The molecule has 1 atom stereocenters. The van der Waals surface area contributed by atoms with Crippen molar-refractivity contribution in [1.82, 2.24) is 0 Å². The maximum atomic E-state index is 13.3. The second kappa shape index (κ2) is 11.4. The van der Waals surface area contributed by atoms with Crippen LogP contribution in [0.1, 0.15) is 42.9 Å². The number of carbonyl (C=O) groups is 2. The van der Waals surface area contributed by atoms with Crippen molar-refractivity contribution in [2.24, 2.45) is 5.92 Å². The highest BCUT2D eigenvalue weighted by molar-refractivity contribution is 8.00. The molecule has 0 bridgehead atoms. The van der Waals surface area contributed by atoms with Crippen LogP contribution in [0, 0.1) is 5.92 Å². The molecule has 0 radical (unpaired) electrons. The van der Waals surface area contributed by atoms with Gasteiger partial charge in [-0.1, -0.05) is 79.4 Å². The van der Waals surface area contributed by atoms with Crippen LogP contribution in [0.25, 0.3) is 0 Å². The maximum absolute atomic E-state index is 13.3. The number of rotatable bonds is 7. The van der Waals surface area contributed by atoms with Gasteiger partial charge in [0.1, 0.15) is 5.25 Å². The van der Waals surface area contributed by atoms with Gasteiger partial charge in [0.25, 0.3) is 0 Å². The molecule has 1 unspecified atom stereocenters. The smallest absolute Gasteiger partial charge is 0.242 e. The molecule has 0 heterocycles. The van der Waals surface area contributed by atoms with Crippen LogP contribution in [0.5, 0.6) is 0 Å². The van der Waals surface area contributed by atoms with E-state index in [4.69, 9.17) is 11.6 Å². The Balaban J connectivity index is 1.51. The summed E-state index contributed by atoms with van der Waals surface area (Å²) in [6, 6.07) is 24.6. The zero-order chi connectivity index (χ0) is 23.0. The highest BCUT2D eigenvalue weighted by Crippen LogP contribution is 2.38. The van der Waals surface area contributed by atoms with E-state index in [1.165, 1.54) is 18.2 Å². The van der Waals surface area contributed by atoms with Crippen molar-refractivity contribution >= 4 is 46.6 Å². The molecular formula is C27H27ClN2O2S. The summed E-state index contributed by atoms with van der Waals surface area (Å²) in [5.41, 5.74) is 2.23. The lowest BCUT2D eigenvalue weighted by molar-refractivity contribution is -0.120. The van der Waals surface area contributed by atoms with E-state index in [9.17, 15) is 9.59 Å². The Morgan fingerprint density at radius 3 is 2.33 bits per heavy atom. The van der Waals surface area contributed by atoms with E-state index in [2.05, 4.69) is 10.6 Å². The van der Waals surface area contributed by atoms with Gasteiger partial charge in [0, 0.05) is 16.5 Å². The first kappa shape index (κ1) is 23.4. The van der Waals surface area contributed by atoms with Crippen LogP contribution in [0.4, 0.5) is 11.4 Å². The molecular weight excluding hydrogens is 452 g/mol. The fourth-order valence-electron chi connectivity index (χ4n) is 4.05. The monoisotopic (exact) mass is 478 g/mol. The van der Waals surface area contributed by atoms with E-state index in [1.807, 2.05) is 66.7 Å². The number of para-hydroxylation sites is 1. The van der Waals surface area contributed by atoms with Crippen molar-refractivity contribution < 1.29 is 9.59 Å². The van der Waals surface area contributed by atoms with Gasteiger partial charge in [0.2, 0.25) is 11.8 Å². The first-order valence-electron chi connectivity index (χ1n) is 11.3. The number of amides is 2. The minimum atomic E-state index is -0.480. The van der Waals surface area contributed by atoms with Crippen LogP contribution in [0.3, 0.4) is 0 Å². The van der Waals surface area contributed by atoms with E-state index in [-0.39, 0.29) is 17.7 Å². The molecule has 4 nitrogen and oxygen atoms in total. The van der Waals surface area contributed by atoms with Gasteiger partial charge in [-0.15, -0.1) is 11.8 Å². The van der Waals surface area contributed by atoms with E-state index in [0.29, 0.717) is 10.7 Å². The van der Waals surface area contributed by atoms with Gasteiger partial charge in [-0.3, -0.25) is 9.59 Å². The highest BCUT2D eigenvalue weighted by Gasteiger charge is 2.24. The minimum absolute atomic E-state index is 0.0907. The minimum Gasteiger partial charge on any atom is -0.326 e. The first-order valence-corrected chi connectivity index (χ1v) is 12.5. The molecule has 33 heavy (non-hydrogen) atoms. The van der Waals surface area contributed by atoms with E-state index < -0.39 is 5.25 Å². The lowest BCUT2D eigenvalue weighted by Gasteiger charge is -2.21. The Labute approximate surface area is 204 Å². The molecule has 0 saturated heterocycles. The van der Waals surface area contributed by atoms with E-state index >= 15 is 0 Å². The van der Waals surface area contributed by atoms with E-state index in [1.54, 1.807) is 12.1 Å². The molecule has 0 spiro atoms. The van der Waals surface area contributed by atoms with Crippen LogP contribution in [-0.2, 0) is 9.59 Å². The van der Waals surface area contributed by atoms with Gasteiger partial charge in [-0.25, -0.2) is 0 Å². The van der Waals surface area contributed by atoms with Crippen molar-refractivity contribution in [3.05, 3.63) is 89.4 Å². The first-order chi connectivity index (χ1) is 16.1. The van der Waals surface area contributed by atoms with Crippen molar-refractivity contribution in [2.75, 3.05) is 10.6 Å². The van der Waals surface area contributed by atoms with Crippen molar-refractivity contribution in [3.8, 4) is 0 Å². The summed E-state index contributed by atoms with van der Waals surface area (Å²) in [7, 11) is 0. The van der Waals surface area contributed by atoms with Crippen LogP contribution >= 0.6 is 23.4 Å². The lowest BCUT2D eigenvalue weighted by atomic mass is 9.88. The third-order valence-electron chi connectivity index (χ3n) is 5.80. The van der Waals surface area contributed by atoms with Gasteiger partial charge < -0.3 is 10.6 Å². The zero-order valence-electron chi connectivity index (χ0n) is 18.3. The second-order valence-corrected chi connectivity index (χ2v) is 9.82. The number of halogens is 1. The Morgan fingerprint density at radius 1 is 0.848 bits per heavy atom. The molecule has 0 aromatic heterocycles. The fraction of sp³-hybridized carbons (Fsp3) is 0.259. The number of nitrogens with one attached hydrogen (secondary N) is 2. The van der Waals surface area contributed by atoms with Crippen LogP contribution in [0.15, 0.2) is 83.8 Å². The molecule has 1 aliphatic rings. The Kier molecular flexibility index (Phi) is 8.08. The number of hydrogen-bond acceptors (Lipinski definition) is 3. The van der Waals surface area contributed by atoms with Gasteiger partial charge in [-0.05, 0) is 48.7 Å². The third-order valence-corrected chi connectivity index (χ3v) is 7.38. The average molecular weight is 479 g/mol. The van der Waals surface area contributed by atoms with Crippen molar-refractivity contribution in [2.45, 2.75) is 42.2 Å². The lowest BCUT2D eigenvalue weighted by Crippen LogP contribution is -2.24. The molecule has 2 N–H and O–H groups in total. The fourth-order valence-corrected chi connectivity index (χ4v) is 5.32. The van der Waals surface area contributed by atoms with Crippen LogP contribution in [-0.4, -0.2) is 11.8 Å². The number of benzene rings is 3. The Bertz CT molecular complexity index is 1100. The quantitative estimate of drug-likeness (QED) is 0.349. The second-order valence-electron chi connectivity index (χ2n) is 8.23. The average Bonchev–Trinajstić information content (AvgIpc) is 2.85. The Hall–Kier alpha value is -2.76. The predicted molar refractivity (Wildman–Crippen MR) is 137 cm³/mol. The molecule has 1 saturated carbocycles. The summed E-state index contributed by atoms with van der Waals surface area (Å²) < 4.78 is 0. The summed E-state index contributed by atoms with van der Waals surface area (Å²) >= 11 is 7.70. The molecule has 1 fully saturated rings. The molecule has 3 aromatic rings. The summed E-state index contributed by atoms with van der Waals surface area (Å²) in [5, 5.41) is 6.04. The summed E-state index contributed by atoms with van der Waals surface area (Å²) in [4.78, 5) is 26.9. The van der Waals surface area contributed by atoms with Gasteiger partial charge in [0.15, 0.2) is 0 Å². The molecule has 4 rings (SSSR count). The molecule has 170 valence electrons. The summed E-state index contributed by atoms with van der Waals surface area (Å²) in [5.74, 6) is 0.0254. The van der Waals surface area contributed by atoms with Crippen LogP contribution in [0.2, 0.25) is 5.02 Å². The molecule has 0 aliphatic heterocycles. The maximum Gasteiger partial charge on any atom is 0.242 e. The highest BCUT2D eigenvalue weighted by atomic mass is 35.5. The predicted octanol–water partition coefficient (Wildman–Crippen LogP) is 7.33. The standard InChI is InChI=1S/C27H27ClN2O2S/c28-23-16-7-8-17-24(23)30-27(32)25(19-10-3-1-4-11-19)33-22-15-9-14-21(18-22)29-26(31)20-12-5-2-6-13-20/h1,3-4,7-11,14-18,20,25H,2,5-6,12-13H2,(H,29,31)(H,30,32). The number of carbonyl (C=O) groups excluding carboxylic acids is 2. The molecule has 3 aromatic carbocycles. The number of anilines is 2.